The summed E-state index contributed by atoms with van der Waals surface area (Å²) in [7, 11) is 1.66. The third-order valence-electron chi connectivity index (χ3n) is 3.64. The van der Waals surface area contributed by atoms with E-state index in [0.717, 1.165) is 16.9 Å². The molecule has 0 fully saturated rings. The second-order valence-electron chi connectivity index (χ2n) is 5.35. The Labute approximate surface area is 130 Å². The van der Waals surface area contributed by atoms with Crippen LogP contribution in [0.15, 0.2) is 42.5 Å². The van der Waals surface area contributed by atoms with Crippen LogP contribution in [-0.4, -0.2) is 18.2 Å². The summed E-state index contributed by atoms with van der Waals surface area (Å²) in [6.45, 7) is 4.71. The maximum atomic E-state index is 11.0. The number of hydrogen-bond acceptors (Lipinski definition) is 3. The van der Waals surface area contributed by atoms with Gasteiger partial charge in [0.25, 0.3) is 0 Å². The summed E-state index contributed by atoms with van der Waals surface area (Å²) in [6, 6.07) is 13.2. The summed E-state index contributed by atoms with van der Waals surface area (Å²) in [5.74, 6) is -0.0554. The molecule has 22 heavy (non-hydrogen) atoms. The Morgan fingerprint density at radius 3 is 2.73 bits per heavy atom. The average Bonchev–Trinajstić information content (AvgIpc) is 2.52. The molecule has 4 heteroatoms. The third kappa shape index (κ3) is 3.86. The van der Waals surface area contributed by atoms with Gasteiger partial charge in [0.05, 0.1) is 12.7 Å². The molecule has 0 aliphatic carbocycles. The lowest BCUT2D eigenvalue weighted by Gasteiger charge is -2.18. The Morgan fingerprint density at radius 1 is 1.27 bits per heavy atom. The number of aryl methyl sites for hydroxylation is 1. The quantitative estimate of drug-likeness (QED) is 0.856. The molecule has 0 aliphatic heterocycles. The van der Waals surface area contributed by atoms with Gasteiger partial charge in [0, 0.05) is 18.2 Å². The van der Waals surface area contributed by atoms with Crippen LogP contribution in [0.25, 0.3) is 0 Å². The van der Waals surface area contributed by atoms with E-state index in [9.17, 15) is 4.79 Å². The molecule has 0 aliphatic rings. The maximum absolute atomic E-state index is 11.0. The number of carboxylic acid groups (broad SMARTS) is 1. The van der Waals surface area contributed by atoms with Crippen molar-refractivity contribution in [2.45, 2.75) is 26.4 Å². The van der Waals surface area contributed by atoms with Gasteiger partial charge in [0.15, 0.2) is 0 Å². The predicted molar refractivity (Wildman–Crippen MR) is 86.4 cm³/mol. The first-order valence-electron chi connectivity index (χ1n) is 7.21. The lowest BCUT2D eigenvalue weighted by molar-refractivity contribution is 0.0696. The second-order valence-corrected chi connectivity index (χ2v) is 5.35. The molecular formula is C18H21NO3. The average molecular weight is 299 g/mol. The lowest BCUT2D eigenvalue weighted by Crippen LogP contribution is -2.19. The van der Waals surface area contributed by atoms with Crippen molar-refractivity contribution < 1.29 is 14.6 Å². The Morgan fingerprint density at radius 2 is 2.05 bits per heavy atom. The third-order valence-corrected chi connectivity index (χ3v) is 3.64. The standard InChI is InChI=1S/C18H21NO3/c1-12-7-8-17(22-3)16(9-12)13(2)19-11-14-5-4-6-15(10-14)18(20)21/h4-10,13,19H,11H2,1-3H3,(H,20,21)/t13-/m1/s1. The molecule has 0 bridgehead atoms. The highest BCUT2D eigenvalue weighted by Crippen LogP contribution is 2.26. The Balaban J connectivity index is 2.10. The van der Waals surface area contributed by atoms with Gasteiger partial charge in [-0.1, -0.05) is 29.8 Å². The molecule has 2 aromatic rings. The minimum absolute atomic E-state index is 0.100. The Kier molecular flexibility index (Phi) is 5.17. The van der Waals surface area contributed by atoms with E-state index < -0.39 is 5.97 Å². The van der Waals surface area contributed by atoms with Crippen molar-refractivity contribution in [2.75, 3.05) is 7.11 Å². The normalized spacial score (nSPS) is 12.0. The van der Waals surface area contributed by atoms with Gasteiger partial charge in [-0.05, 0) is 37.6 Å². The maximum Gasteiger partial charge on any atom is 0.335 e. The number of rotatable bonds is 6. The van der Waals surface area contributed by atoms with Crippen LogP contribution in [0.5, 0.6) is 5.75 Å². The smallest absolute Gasteiger partial charge is 0.335 e. The zero-order chi connectivity index (χ0) is 16.1. The van der Waals surface area contributed by atoms with Crippen molar-refractivity contribution in [3.63, 3.8) is 0 Å². The zero-order valence-electron chi connectivity index (χ0n) is 13.1. The van der Waals surface area contributed by atoms with E-state index in [1.807, 2.05) is 25.1 Å². The lowest BCUT2D eigenvalue weighted by atomic mass is 10.0. The predicted octanol–water partition coefficient (Wildman–Crippen LogP) is 3.55. The van der Waals surface area contributed by atoms with Crippen molar-refractivity contribution in [3.05, 3.63) is 64.7 Å². The van der Waals surface area contributed by atoms with Crippen LogP contribution in [0.3, 0.4) is 0 Å². The van der Waals surface area contributed by atoms with E-state index in [1.165, 1.54) is 5.56 Å². The Hall–Kier alpha value is -2.33. The van der Waals surface area contributed by atoms with Crippen molar-refractivity contribution in [1.29, 1.82) is 0 Å². The zero-order valence-corrected chi connectivity index (χ0v) is 13.1. The van der Waals surface area contributed by atoms with E-state index in [-0.39, 0.29) is 6.04 Å². The van der Waals surface area contributed by atoms with Gasteiger partial charge in [-0.15, -0.1) is 0 Å². The fourth-order valence-corrected chi connectivity index (χ4v) is 2.39. The minimum atomic E-state index is -0.907. The monoisotopic (exact) mass is 299 g/mol. The van der Waals surface area contributed by atoms with Crippen molar-refractivity contribution >= 4 is 5.97 Å². The van der Waals surface area contributed by atoms with Crippen LogP contribution in [0.1, 0.15) is 40.0 Å². The Bertz CT molecular complexity index is 667. The molecular weight excluding hydrogens is 278 g/mol. The molecule has 4 nitrogen and oxygen atoms in total. The first-order valence-corrected chi connectivity index (χ1v) is 7.21. The van der Waals surface area contributed by atoms with Gasteiger partial charge in [-0.3, -0.25) is 0 Å². The molecule has 0 saturated heterocycles. The highest BCUT2D eigenvalue weighted by molar-refractivity contribution is 5.87. The molecule has 0 radical (unpaired) electrons. The number of ether oxygens (including phenoxy) is 1. The second kappa shape index (κ2) is 7.09. The first-order chi connectivity index (χ1) is 10.5. The molecule has 0 unspecified atom stereocenters. The van der Waals surface area contributed by atoms with Gasteiger partial charge < -0.3 is 15.2 Å². The molecule has 0 spiro atoms. The fraction of sp³-hybridized carbons (Fsp3) is 0.278. The van der Waals surface area contributed by atoms with Crippen LogP contribution in [0.4, 0.5) is 0 Å². The van der Waals surface area contributed by atoms with Crippen molar-refractivity contribution in [3.8, 4) is 5.75 Å². The molecule has 2 N–H and O–H groups in total. The summed E-state index contributed by atoms with van der Waals surface area (Å²) >= 11 is 0. The van der Waals surface area contributed by atoms with Gasteiger partial charge in [-0.25, -0.2) is 4.79 Å². The molecule has 1 atom stereocenters. The molecule has 0 aromatic heterocycles. The molecule has 0 heterocycles. The summed E-state index contributed by atoms with van der Waals surface area (Å²) in [4.78, 5) is 11.0. The van der Waals surface area contributed by atoms with Crippen LogP contribution in [0.2, 0.25) is 0 Å². The largest absolute Gasteiger partial charge is 0.496 e. The van der Waals surface area contributed by atoms with E-state index in [2.05, 4.69) is 18.3 Å². The van der Waals surface area contributed by atoms with Gasteiger partial charge in [0.1, 0.15) is 5.75 Å². The van der Waals surface area contributed by atoms with E-state index in [0.29, 0.717) is 12.1 Å². The number of carboxylic acids is 1. The molecule has 2 rings (SSSR count). The van der Waals surface area contributed by atoms with Gasteiger partial charge >= 0.3 is 5.97 Å². The van der Waals surface area contributed by atoms with Crippen LogP contribution in [-0.2, 0) is 6.54 Å². The fourth-order valence-electron chi connectivity index (χ4n) is 2.39. The molecule has 116 valence electrons. The van der Waals surface area contributed by atoms with E-state index >= 15 is 0 Å². The van der Waals surface area contributed by atoms with Crippen molar-refractivity contribution in [2.24, 2.45) is 0 Å². The minimum Gasteiger partial charge on any atom is -0.496 e. The summed E-state index contributed by atoms with van der Waals surface area (Å²) in [5, 5.41) is 12.4. The summed E-state index contributed by atoms with van der Waals surface area (Å²) in [5.41, 5.74) is 3.52. The number of nitrogens with one attached hydrogen (secondary N) is 1. The van der Waals surface area contributed by atoms with Crippen LogP contribution < -0.4 is 10.1 Å². The van der Waals surface area contributed by atoms with Gasteiger partial charge in [-0.2, -0.15) is 0 Å². The van der Waals surface area contributed by atoms with E-state index in [1.54, 1.807) is 25.3 Å². The molecule has 0 saturated carbocycles. The highest BCUT2D eigenvalue weighted by atomic mass is 16.5. The molecule has 2 aromatic carbocycles. The van der Waals surface area contributed by atoms with Crippen LogP contribution >= 0.6 is 0 Å². The number of methoxy groups -OCH3 is 1. The van der Waals surface area contributed by atoms with E-state index in [4.69, 9.17) is 9.84 Å². The molecule has 0 amide bonds. The summed E-state index contributed by atoms with van der Waals surface area (Å²) in [6.07, 6.45) is 0. The SMILES string of the molecule is COc1ccc(C)cc1[C@@H](C)NCc1cccc(C(=O)O)c1. The summed E-state index contributed by atoms with van der Waals surface area (Å²) < 4.78 is 5.41. The number of aromatic carboxylic acids is 1. The highest BCUT2D eigenvalue weighted by Gasteiger charge is 2.11. The number of carbonyl (C=O) groups is 1. The first kappa shape index (κ1) is 16.0. The topological polar surface area (TPSA) is 58.6 Å². The number of benzene rings is 2. The van der Waals surface area contributed by atoms with Gasteiger partial charge in [0.2, 0.25) is 0 Å². The van der Waals surface area contributed by atoms with Crippen LogP contribution in [0, 0.1) is 6.92 Å². The van der Waals surface area contributed by atoms with Crippen molar-refractivity contribution in [1.82, 2.24) is 5.32 Å². The number of hydrogen-bond donors (Lipinski definition) is 2.